The van der Waals surface area contributed by atoms with Crippen LogP contribution in [0.1, 0.15) is 24.7 Å². The van der Waals surface area contributed by atoms with Crippen LogP contribution < -0.4 is 5.73 Å². The maximum absolute atomic E-state index is 10.8. The summed E-state index contributed by atoms with van der Waals surface area (Å²) >= 11 is 0. The lowest BCUT2D eigenvalue weighted by atomic mass is 10.1. The van der Waals surface area contributed by atoms with Gasteiger partial charge in [-0.05, 0) is 13.3 Å². The van der Waals surface area contributed by atoms with Crippen molar-refractivity contribution in [2.45, 2.75) is 32.7 Å². The molecule has 0 radical (unpaired) electrons. The fraction of sp³-hybridized carbons (Fsp3) is 0.667. The molecule has 6 heteroatoms. The molecule has 1 unspecified atom stereocenters. The number of nitro groups is 1. The monoisotopic (exact) mass is 212 g/mol. The molecule has 0 aliphatic rings. The Morgan fingerprint density at radius 1 is 1.67 bits per heavy atom. The van der Waals surface area contributed by atoms with E-state index in [1.54, 1.807) is 18.7 Å². The highest BCUT2D eigenvalue weighted by atomic mass is 16.6. The van der Waals surface area contributed by atoms with Gasteiger partial charge in [-0.2, -0.15) is 5.10 Å². The highest BCUT2D eigenvalue weighted by Crippen LogP contribution is 2.23. The predicted molar refractivity (Wildman–Crippen MR) is 56.6 cm³/mol. The molecule has 0 spiro atoms. The molecule has 1 atom stereocenters. The van der Waals surface area contributed by atoms with E-state index in [-0.39, 0.29) is 16.7 Å². The van der Waals surface area contributed by atoms with Crippen LogP contribution in [0.2, 0.25) is 0 Å². The SMILES string of the molecule is CCC(N)Cc1c([N+](=O)[O-])c(C)nn1C. The zero-order valence-electron chi connectivity index (χ0n) is 9.23. The van der Waals surface area contributed by atoms with Crippen LogP contribution in [0.4, 0.5) is 5.69 Å². The van der Waals surface area contributed by atoms with Crippen molar-refractivity contribution in [3.8, 4) is 0 Å². The third-order valence-electron chi connectivity index (χ3n) is 2.47. The summed E-state index contributed by atoms with van der Waals surface area (Å²) in [5, 5.41) is 14.9. The average Bonchev–Trinajstić information content (AvgIpc) is 2.41. The van der Waals surface area contributed by atoms with E-state index in [1.807, 2.05) is 6.92 Å². The van der Waals surface area contributed by atoms with Gasteiger partial charge in [-0.25, -0.2) is 0 Å². The summed E-state index contributed by atoms with van der Waals surface area (Å²) in [7, 11) is 1.71. The maximum Gasteiger partial charge on any atom is 0.313 e. The van der Waals surface area contributed by atoms with Crippen molar-refractivity contribution in [2.24, 2.45) is 12.8 Å². The molecule has 0 saturated heterocycles. The first-order valence-corrected chi connectivity index (χ1v) is 4.89. The Morgan fingerprint density at radius 2 is 2.27 bits per heavy atom. The Kier molecular flexibility index (Phi) is 3.41. The van der Waals surface area contributed by atoms with Gasteiger partial charge in [0.15, 0.2) is 0 Å². The van der Waals surface area contributed by atoms with E-state index in [0.29, 0.717) is 17.8 Å². The first-order valence-electron chi connectivity index (χ1n) is 4.89. The number of hydrogen-bond donors (Lipinski definition) is 1. The van der Waals surface area contributed by atoms with Crippen molar-refractivity contribution in [3.05, 3.63) is 21.5 Å². The standard InChI is InChI=1S/C9H16N4O2/c1-4-7(10)5-8-9(13(14)15)6(2)11-12(8)3/h7H,4-5,10H2,1-3H3. The maximum atomic E-state index is 10.8. The minimum Gasteiger partial charge on any atom is -0.327 e. The molecule has 0 aromatic carbocycles. The van der Waals surface area contributed by atoms with Gasteiger partial charge in [0, 0.05) is 19.5 Å². The van der Waals surface area contributed by atoms with Crippen LogP contribution >= 0.6 is 0 Å². The number of aryl methyl sites for hydroxylation is 2. The Bertz CT molecular complexity index is 372. The highest BCUT2D eigenvalue weighted by Gasteiger charge is 2.24. The molecule has 1 aromatic rings. The molecule has 0 bridgehead atoms. The van der Waals surface area contributed by atoms with Crippen molar-refractivity contribution in [3.63, 3.8) is 0 Å². The zero-order valence-corrected chi connectivity index (χ0v) is 9.23. The molecule has 1 rings (SSSR count). The summed E-state index contributed by atoms with van der Waals surface area (Å²) in [5.74, 6) is 0. The lowest BCUT2D eigenvalue weighted by molar-refractivity contribution is -0.386. The van der Waals surface area contributed by atoms with Crippen LogP contribution in [0.25, 0.3) is 0 Å². The molecular weight excluding hydrogens is 196 g/mol. The third-order valence-corrected chi connectivity index (χ3v) is 2.47. The van der Waals surface area contributed by atoms with Gasteiger partial charge >= 0.3 is 5.69 Å². The minimum absolute atomic E-state index is 0.0569. The van der Waals surface area contributed by atoms with Gasteiger partial charge in [-0.15, -0.1) is 0 Å². The van der Waals surface area contributed by atoms with Crippen molar-refractivity contribution in [1.29, 1.82) is 0 Å². The van der Waals surface area contributed by atoms with E-state index < -0.39 is 0 Å². The van der Waals surface area contributed by atoms with Gasteiger partial charge in [-0.1, -0.05) is 6.92 Å². The van der Waals surface area contributed by atoms with Crippen LogP contribution in [0.5, 0.6) is 0 Å². The van der Waals surface area contributed by atoms with Crippen molar-refractivity contribution in [1.82, 2.24) is 9.78 Å². The first-order chi connectivity index (χ1) is 6.97. The summed E-state index contributed by atoms with van der Waals surface area (Å²) in [6, 6.07) is -0.0569. The normalized spacial score (nSPS) is 12.8. The molecular formula is C9H16N4O2. The highest BCUT2D eigenvalue weighted by molar-refractivity contribution is 5.40. The van der Waals surface area contributed by atoms with E-state index in [2.05, 4.69) is 5.10 Å². The summed E-state index contributed by atoms with van der Waals surface area (Å²) in [5.41, 5.74) is 6.94. The molecule has 0 aliphatic carbocycles. The van der Waals surface area contributed by atoms with Gasteiger partial charge in [0.2, 0.25) is 0 Å². The second-order valence-corrected chi connectivity index (χ2v) is 3.63. The molecule has 84 valence electrons. The molecule has 0 aliphatic heterocycles. The van der Waals surface area contributed by atoms with Crippen LogP contribution in [-0.2, 0) is 13.5 Å². The average molecular weight is 212 g/mol. The predicted octanol–water partition coefficient (Wildman–Crippen LogP) is 0.917. The molecule has 0 saturated carbocycles. The molecule has 1 heterocycles. The van der Waals surface area contributed by atoms with Gasteiger partial charge in [0.25, 0.3) is 0 Å². The molecule has 0 amide bonds. The third kappa shape index (κ3) is 2.33. The molecule has 15 heavy (non-hydrogen) atoms. The molecule has 1 aromatic heterocycles. The minimum atomic E-state index is -0.389. The number of rotatable bonds is 4. The Morgan fingerprint density at radius 3 is 2.73 bits per heavy atom. The van der Waals surface area contributed by atoms with Crippen molar-refractivity contribution in [2.75, 3.05) is 0 Å². The van der Waals surface area contributed by atoms with Crippen LogP contribution in [-0.4, -0.2) is 20.7 Å². The summed E-state index contributed by atoms with van der Waals surface area (Å²) in [6.07, 6.45) is 1.28. The number of nitrogens with zero attached hydrogens (tertiary/aromatic N) is 3. The Hall–Kier alpha value is -1.43. The lowest BCUT2D eigenvalue weighted by Crippen LogP contribution is -2.23. The first kappa shape index (κ1) is 11.6. The summed E-state index contributed by atoms with van der Waals surface area (Å²) in [4.78, 5) is 10.4. The Labute approximate surface area is 88.2 Å². The van der Waals surface area contributed by atoms with Gasteiger partial charge in [0.05, 0.1) is 4.92 Å². The summed E-state index contributed by atoms with van der Waals surface area (Å²) in [6.45, 7) is 3.60. The smallest absolute Gasteiger partial charge is 0.313 e. The van der Waals surface area contributed by atoms with E-state index in [0.717, 1.165) is 6.42 Å². The van der Waals surface area contributed by atoms with Crippen molar-refractivity contribution < 1.29 is 4.92 Å². The second-order valence-electron chi connectivity index (χ2n) is 3.63. The zero-order chi connectivity index (χ0) is 11.6. The fourth-order valence-electron chi connectivity index (χ4n) is 1.55. The van der Waals surface area contributed by atoms with Crippen molar-refractivity contribution >= 4 is 5.69 Å². The van der Waals surface area contributed by atoms with E-state index >= 15 is 0 Å². The molecule has 6 nitrogen and oxygen atoms in total. The van der Waals surface area contributed by atoms with Crippen LogP contribution in [0.15, 0.2) is 0 Å². The second kappa shape index (κ2) is 4.39. The fourth-order valence-corrected chi connectivity index (χ4v) is 1.55. The largest absolute Gasteiger partial charge is 0.327 e. The van der Waals surface area contributed by atoms with E-state index in [1.165, 1.54) is 0 Å². The van der Waals surface area contributed by atoms with E-state index in [4.69, 9.17) is 5.73 Å². The summed E-state index contributed by atoms with van der Waals surface area (Å²) < 4.78 is 1.54. The topological polar surface area (TPSA) is 87.0 Å². The Balaban J connectivity index is 3.09. The van der Waals surface area contributed by atoms with Gasteiger partial charge < -0.3 is 5.73 Å². The van der Waals surface area contributed by atoms with Gasteiger partial charge in [-0.3, -0.25) is 14.8 Å². The quantitative estimate of drug-likeness (QED) is 0.593. The number of aromatic nitrogens is 2. The molecule has 2 N–H and O–H groups in total. The van der Waals surface area contributed by atoms with Crippen LogP contribution in [0.3, 0.4) is 0 Å². The van der Waals surface area contributed by atoms with E-state index in [9.17, 15) is 10.1 Å². The van der Waals surface area contributed by atoms with Crippen LogP contribution in [0, 0.1) is 17.0 Å². The van der Waals surface area contributed by atoms with Gasteiger partial charge in [0.1, 0.15) is 11.4 Å². The lowest BCUT2D eigenvalue weighted by Gasteiger charge is -2.07. The molecule has 0 fully saturated rings. The number of hydrogen-bond acceptors (Lipinski definition) is 4. The number of nitrogens with two attached hydrogens (primary N) is 1.